The molecule has 0 fully saturated rings. The van der Waals surface area contributed by atoms with Gasteiger partial charge in [0, 0.05) is 10.9 Å². The molecule has 0 spiro atoms. The lowest BCUT2D eigenvalue weighted by Gasteiger charge is -2.07. The molecule has 124 valence electrons. The Balaban J connectivity index is 1.67. The number of hydrogen-bond acceptors (Lipinski definition) is 7. The second-order valence-electron chi connectivity index (χ2n) is 4.62. The standard InChI is InChI=1S/C14H10F2N4OS3/c1-7(24-14-20-17-6-23-14)12(21)19-13-18-11(5-22-13)8-2-3-9(15)10(16)4-8/h2-7H,1H3,(H,18,19,21). The first kappa shape index (κ1) is 16.9. The van der Waals surface area contributed by atoms with Crippen molar-refractivity contribution in [3.05, 3.63) is 40.7 Å². The summed E-state index contributed by atoms with van der Waals surface area (Å²) in [6, 6.07) is 3.56. The largest absolute Gasteiger partial charge is 0.301 e. The molecule has 3 rings (SSSR count). The highest BCUT2D eigenvalue weighted by Gasteiger charge is 2.18. The average Bonchev–Trinajstić information content (AvgIpc) is 3.22. The third-order valence-corrected chi connectivity index (χ3v) is 5.61. The molecule has 5 nitrogen and oxygen atoms in total. The van der Waals surface area contributed by atoms with Gasteiger partial charge in [-0.1, -0.05) is 23.1 Å². The van der Waals surface area contributed by atoms with Crippen molar-refractivity contribution in [1.82, 2.24) is 15.2 Å². The van der Waals surface area contributed by atoms with E-state index in [1.807, 2.05) is 0 Å². The molecular formula is C14H10F2N4OS3. The van der Waals surface area contributed by atoms with E-state index in [0.717, 1.165) is 12.1 Å². The number of thiazole rings is 1. The second-order valence-corrected chi connectivity index (χ2v) is 7.90. The molecule has 24 heavy (non-hydrogen) atoms. The van der Waals surface area contributed by atoms with E-state index >= 15 is 0 Å². The van der Waals surface area contributed by atoms with Gasteiger partial charge in [-0.15, -0.1) is 21.5 Å². The number of thioether (sulfide) groups is 1. The van der Waals surface area contributed by atoms with Crippen molar-refractivity contribution in [2.45, 2.75) is 16.5 Å². The molecule has 1 aromatic carbocycles. The average molecular weight is 384 g/mol. The van der Waals surface area contributed by atoms with Crippen molar-refractivity contribution in [2.24, 2.45) is 0 Å². The van der Waals surface area contributed by atoms with Crippen LogP contribution in [0.4, 0.5) is 13.9 Å². The van der Waals surface area contributed by atoms with Crippen LogP contribution in [0.25, 0.3) is 11.3 Å². The number of aromatic nitrogens is 3. The third kappa shape index (κ3) is 3.94. The number of carbonyl (C=O) groups is 1. The molecule has 1 amide bonds. The van der Waals surface area contributed by atoms with E-state index in [1.54, 1.807) is 17.8 Å². The fourth-order valence-corrected chi connectivity index (χ4v) is 4.09. The Bertz CT molecular complexity index is 854. The van der Waals surface area contributed by atoms with Crippen LogP contribution < -0.4 is 5.32 Å². The molecule has 2 heterocycles. The number of benzene rings is 1. The van der Waals surface area contributed by atoms with E-state index in [9.17, 15) is 13.6 Å². The van der Waals surface area contributed by atoms with Gasteiger partial charge in [-0.3, -0.25) is 4.79 Å². The van der Waals surface area contributed by atoms with Crippen molar-refractivity contribution in [3.8, 4) is 11.3 Å². The highest BCUT2D eigenvalue weighted by atomic mass is 32.2. The summed E-state index contributed by atoms with van der Waals surface area (Å²) in [7, 11) is 0. The fraction of sp³-hybridized carbons (Fsp3) is 0.143. The molecule has 0 aliphatic carbocycles. The molecule has 0 aliphatic rings. The first-order valence-corrected chi connectivity index (χ1v) is 9.31. The first-order chi connectivity index (χ1) is 11.5. The topological polar surface area (TPSA) is 67.8 Å². The molecule has 2 aromatic heterocycles. The van der Waals surface area contributed by atoms with Crippen LogP contribution in [0.15, 0.2) is 33.4 Å². The van der Waals surface area contributed by atoms with Crippen LogP contribution in [-0.2, 0) is 4.79 Å². The quantitative estimate of drug-likeness (QED) is 0.672. The zero-order chi connectivity index (χ0) is 17.1. The molecule has 0 bridgehead atoms. The van der Waals surface area contributed by atoms with E-state index in [2.05, 4.69) is 20.5 Å². The lowest BCUT2D eigenvalue weighted by molar-refractivity contribution is -0.115. The minimum atomic E-state index is -0.937. The van der Waals surface area contributed by atoms with Gasteiger partial charge in [0.15, 0.2) is 21.1 Å². The molecule has 1 N–H and O–H groups in total. The van der Waals surface area contributed by atoms with Crippen LogP contribution in [-0.4, -0.2) is 26.3 Å². The van der Waals surface area contributed by atoms with E-state index in [-0.39, 0.29) is 11.2 Å². The number of halogens is 2. The smallest absolute Gasteiger partial charge is 0.239 e. The predicted octanol–water partition coefficient (Wildman–Crippen LogP) is 4.06. The molecule has 0 saturated heterocycles. The summed E-state index contributed by atoms with van der Waals surface area (Å²) >= 11 is 3.88. The van der Waals surface area contributed by atoms with Crippen molar-refractivity contribution in [2.75, 3.05) is 5.32 Å². The van der Waals surface area contributed by atoms with Crippen LogP contribution in [0.3, 0.4) is 0 Å². The van der Waals surface area contributed by atoms with Crippen LogP contribution in [0, 0.1) is 11.6 Å². The van der Waals surface area contributed by atoms with Crippen molar-refractivity contribution >= 4 is 45.5 Å². The maximum absolute atomic E-state index is 13.3. The number of rotatable bonds is 5. The first-order valence-electron chi connectivity index (χ1n) is 6.67. The summed E-state index contributed by atoms with van der Waals surface area (Å²) in [5, 5.41) is 12.0. The zero-order valence-electron chi connectivity index (χ0n) is 12.2. The van der Waals surface area contributed by atoms with Gasteiger partial charge in [0.2, 0.25) is 5.91 Å². The normalized spacial score (nSPS) is 12.1. The van der Waals surface area contributed by atoms with Crippen LogP contribution >= 0.6 is 34.4 Å². The molecule has 0 saturated carbocycles. The fourth-order valence-electron chi connectivity index (χ4n) is 1.75. The number of carbonyl (C=O) groups excluding carboxylic acids is 1. The van der Waals surface area contributed by atoms with Gasteiger partial charge in [-0.05, 0) is 25.1 Å². The summed E-state index contributed by atoms with van der Waals surface area (Å²) < 4.78 is 27.0. The summed E-state index contributed by atoms with van der Waals surface area (Å²) in [5.74, 6) is -2.07. The summed E-state index contributed by atoms with van der Waals surface area (Å²) in [5.41, 5.74) is 2.52. The molecular weight excluding hydrogens is 374 g/mol. The van der Waals surface area contributed by atoms with Crippen LogP contribution in [0.5, 0.6) is 0 Å². The van der Waals surface area contributed by atoms with Gasteiger partial charge in [-0.2, -0.15) is 0 Å². The zero-order valence-corrected chi connectivity index (χ0v) is 14.6. The second kappa shape index (κ2) is 7.32. The number of anilines is 1. The highest BCUT2D eigenvalue weighted by Crippen LogP contribution is 2.28. The highest BCUT2D eigenvalue weighted by molar-refractivity contribution is 8.02. The predicted molar refractivity (Wildman–Crippen MR) is 91.3 cm³/mol. The van der Waals surface area contributed by atoms with Gasteiger partial charge in [0.25, 0.3) is 0 Å². The number of nitrogens with one attached hydrogen (secondary N) is 1. The van der Waals surface area contributed by atoms with E-state index in [4.69, 9.17) is 0 Å². The van der Waals surface area contributed by atoms with E-state index in [0.29, 0.717) is 20.7 Å². The monoisotopic (exact) mass is 384 g/mol. The maximum Gasteiger partial charge on any atom is 0.239 e. The minimum Gasteiger partial charge on any atom is -0.301 e. The van der Waals surface area contributed by atoms with Gasteiger partial charge < -0.3 is 5.32 Å². The molecule has 0 radical (unpaired) electrons. The van der Waals surface area contributed by atoms with Gasteiger partial charge in [-0.25, -0.2) is 13.8 Å². The SMILES string of the molecule is CC(Sc1nncs1)C(=O)Nc1nc(-c2ccc(F)c(F)c2)cs1. The number of amides is 1. The Morgan fingerprint density at radius 3 is 2.83 bits per heavy atom. The lowest BCUT2D eigenvalue weighted by Crippen LogP contribution is -2.22. The Morgan fingerprint density at radius 1 is 1.29 bits per heavy atom. The van der Waals surface area contributed by atoms with E-state index in [1.165, 1.54) is 40.5 Å². The molecule has 3 aromatic rings. The Labute approximate surface area is 148 Å². The van der Waals surface area contributed by atoms with Crippen LogP contribution in [0.1, 0.15) is 6.92 Å². The maximum atomic E-state index is 13.3. The van der Waals surface area contributed by atoms with Crippen molar-refractivity contribution in [1.29, 1.82) is 0 Å². The molecule has 0 aliphatic heterocycles. The minimum absolute atomic E-state index is 0.221. The number of hydrogen-bond donors (Lipinski definition) is 1. The summed E-state index contributed by atoms with van der Waals surface area (Å²) in [6.07, 6.45) is 0. The van der Waals surface area contributed by atoms with Gasteiger partial charge in [0.05, 0.1) is 10.9 Å². The van der Waals surface area contributed by atoms with Gasteiger partial charge in [0.1, 0.15) is 5.51 Å². The molecule has 1 unspecified atom stereocenters. The Kier molecular flexibility index (Phi) is 5.17. The summed E-state index contributed by atoms with van der Waals surface area (Å²) in [4.78, 5) is 16.4. The van der Waals surface area contributed by atoms with Crippen LogP contribution in [0.2, 0.25) is 0 Å². The molecule has 10 heteroatoms. The lowest BCUT2D eigenvalue weighted by atomic mass is 10.2. The number of nitrogens with zero attached hydrogens (tertiary/aromatic N) is 3. The van der Waals surface area contributed by atoms with Gasteiger partial charge >= 0.3 is 0 Å². The van der Waals surface area contributed by atoms with Crippen molar-refractivity contribution < 1.29 is 13.6 Å². The Morgan fingerprint density at radius 2 is 2.12 bits per heavy atom. The van der Waals surface area contributed by atoms with Crippen molar-refractivity contribution in [3.63, 3.8) is 0 Å². The van der Waals surface area contributed by atoms with E-state index < -0.39 is 11.6 Å². The summed E-state index contributed by atoms with van der Waals surface area (Å²) in [6.45, 7) is 1.76. The molecule has 1 atom stereocenters. The third-order valence-electron chi connectivity index (χ3n) is 2.94. The Hall–Kier alpha value is -1.91.